The standard InChI is InChI=1S/C22H22N2O3/c1-3-15-27-20-12-11-19(18-5-4-14-23-22(18)20)24-21(25)13-8-16-6-9-17(26-2)10-7-16/h4-14H,3,15H2,1-2H3,(H,24,25). The van der Waals surface area contributed by atoms with Crippen LogP contribution in [0.4, 0.5) is 5.69 Å². The van der Waals surface area contributed by atoms with Gasteiger partial charge in [0.1, 0.15) is 17.0 Å². The van der Waals surface area contributed by atoms with Crippen LogP contribution in [0.1, 0.15) is 18.9 Å². The van der Waals surface area contributed by atoms with E-state index in [1.807, 2.05) is 48.5 Å². The number of amides is 1. The Morgan fingerprint density at radius 3 is 2.70 bits per heavy atom. The molecule has 0 bridgehead atoms. The molecule has 1 amide bonds. The van der Waals surface area contributed by atoms with E-state index in [0.717, 1.165) is 34.4 Å². The highest BCUT2D eigenvalue weighted by atomic mass is 16.5. The maximum absolute atomic E-state index is 12.3. The van der Waals surface area contributed by atoms with Crippen LogP contribution < -0.4 is 14.8 Å². The second kappa shape index (κ2) is 8.85. The summed E-state index contributed by atoms with van der Waals surface area (Å²) in [5.41, 5.74) is 2.36. The van der Waals surface area contributed by atoms with Gasteiger partial charge in [0.25, 0.3) is 0 Å². The lowest BCUT2D eigenvalue weighted by molar-refractivity contribution is -0.111. The number of pyridine rings is 1. The summed E-state index contributed by atoms with van der Waals surface area (Å²) < 4.78 is 10.9. The van der Waals surface area contributed by atoms with E-state index in [4.69, 9.17) is 9.47 Å². The Morgan fingerprint density at radius 1 is 1.15 bits per heavy atom. The summed E-state index contributed by atoms with van der Waals surface area (Å²) in [5.74, 6) is 1.29. The quantitative estimate of drug-likeness (QED) is 0.620. The SMILES string of the molecule is CCCOc1ccc(NC(=O)C=Cc2ccc(OC)cc2)c2cccnc12. The fraction of sp³-hybridized carbons (Fsp3) is 0.182. The summed E-state index contributed by atoms with van der Waals surface area (Å²) >= 11 is 0. The minimum Gasteiger partial charge on any atom is -0.497 e. The number of fused-ring (bicyclic) bond motifs is 1. The first kappa shape index (κ1) is 18.5. The van der Waals surface area contributed by atoms with Crippen molar-refractivity contribution in [2.45, 2.75) is 13.3 Å². The van der Waals surface area contributed by atoms with Crippen molar-refractivity contribution in [3.63, 3.8) is 0 Å². The molecule has 1 aromatic heterocycles. The molecule has 0 spiro atoms. The second-order valence-corrected chi connectivity index (χ2v) is 5.96. The molecule has 0 atom stereocenters. The Labute approximate surface area is 158 Å². The summed E-state index contributed by atoms with van der Waals surface area (Å²) in [6, 6.07) is 14.9. The molecule has 0 aliphatic heterocycles. The maximum atomic E-state index is 12.3. The summed E-state index contributed by atoms with van der Waals surface area (Å²) in [6.45, 7) is 2.68. The number of hydrogen-bond donors (Lipinski definition) is 1. The molecule has 0 radical (unpaired) electrons. The Kier molecular flexibility index (Phi) is 6.05. The lowest BCUT2D eigenvalue weighted by Gasteiger charge is -2.11. The normalized spacial score (nSPS) is 10.9. The summed E-state index contributed by atoms with van der Waals surface area (Å²) in [5, 5.41) is 3.76. The van der Waals surface area contributed by atoms with E-state index >= 15 is 0 Å². The van der Waals surface area contributed by atoms with Crippen LogP contribution in [0.3, 0.4) is 0 Å². The van der Waals surface area contributed by atoms with E-state index in [9.17, 15) is 4.79 Å². The van der Waals surface area contributed by atoms with Gasteiger partial charge in [0.15, 0.2) is 0 Å². The topological polar surface area (TPSA) is 60.5 Å². The number of methoxy groups -OCH3 is 1. The fourth-order valence-electron chi connectivity index (χ4n) is 2.65. The molecular formula is C22H22N2O3. The molecule has 3 aromatic rings. The number of hydrogen-bond acceptors (Lipinski definition) is 4. The first-order valence-electron chi connectivity index (χ1n) is 8.85. The first-order valence-corrected chi connectivity index (χ1v) is 8.85. The number of nitrogens with zero attached hydrogens (tertiary/aromatic N) is 1. The lowest BCUT2D eigenvalue weighted by atomic mass is 10.1. The Balaban J connectivity index is 1.77. The van der Waals surface area contributed by atoms with E-state index in [2.05, 4.69) is 17.2 Å². The van der Waals surface area contributed by atoms with E-state index in [1.54, 1.807) is 19.4 Å². The number of aromatic nitrogens is 1. The van der Waals surface area contributed by atoms with Gasteiger partial charge in [0, 0.05) is 17.7 Å². The largest absolute Gasteiger partial charge is 0.497 e. The monoisotopic (exact) mass is 362 g/mol. The highest BCUT2D eigenvalue weighted by Gasteiger charge is 2.09. The minimum absolute atomic E-state index is 0.210. The van der Waals surface area contributed by atoms with E-state index < -0.39 is 0 Å². The molecule has 0 saturated heterocycles. The van der Waals surface area contributed by atoms with Crippen LogP contribution in [0, 0.1) is 0 Å². The van der Waals surface area contributed by atoms with Gasteiger partial charge in [0.05, 0.1) is 19.4 Å². The zero-order chi connectivity index (χ0) is 19.1. The third kappa shape index (κ3) is 4.64. The highest BCUT2D eigenvalue weighted by molar-refractivity contribution is 6.07. The number of carbonyl (C=O) groups excluding carboxylic acids is 1. The predicted molar refractivity (Wildman–Crippen MR) is 108 cm³/mol. The van der Waals surface area contributed by atoms with Gasteiger partial charge in [-0.15, -0.1) is 0 Å². The van der Waals surface area contributed by atoms with Gasteiger partial charge in [-0.3, -0.25) is 9.78 Å². The van der Waals surface area contributed by atoms with Crippen molar-refractivity contribution in [3.05, 3.63) is 66.4 Å². The molecule has 0 fully saturated rings. The van der Waals surface area contributed by atoms with Gasteiger partial charge < -0.3 is 14.8 Å². The lowest BCUT2D eigenvalue weighted by Crippen LogP contribution is -2.08. The van der Waals surface area contributed by atoms with Crippen molar-refractivity contribution in [3.8, 4) is 11.5 Å². The Morgan fingerprint density at radius 2 is 1.96 bits per heavy atom. The van der Waals surface area contributed by atoms with Gasteiger partial charge in [-0.1, -0.05) is 19.1 Å². The molecule has 0 aliphatic carbocycles. The maximum Gasteiger partial charge on any atom is 0.248 e. The van der Waals surface area contributed by atoms with Crippen molar-refractivity contribution < 1.29 is 14.3 Å². The molecule has 0 unspecified atom stereocenters. The van der Waals surface area contributed by atoms with Crippen LogP contribution in [0.5, 0.6) is 11.5 Å². The van der Waals surface area contributed by atoms with Crippen molar-refractivity contribution in [1.82, 2.24) is 4.98 Å². The molecule has 0 saturated carbocycles. The van der Waals surface area contributed by atoms with Gasteiger partial charge in [-0.05, 0) is 54.5 Å². The molecule has 0 aliphatic rings. The molecule has 1 N–H and O–H groups in total. The van der Waals surface area contributed by atoms with Gasteiger partial charge in [0.2, 0.25) is 5.91 Å². The van der Waals surface area contributed by atoms with Gasteiger partial charge in [-0.2, -0.15) is 0 Å². The number of rotatable bonds is 7. The molecular weight excluding hydrogens is 340 g/mol. The van der Waals surface area contributed by atoms with Gasteiger partial charge in [-0.25, -0.2) is 0 Å². The number of benzene rings is 2. The van der Waals surface area contributed by atoms with Crippen molar-refractivity contribution >= 4 is 28.6 Å². The van der Waals surface area contributed by atoms with Crippen molar-refractivity contribution in [2.24, 2.45) is 0 Å². The van der Waals surface area contributed by atoms with Crippen molar-refractivity contribution in [2.75, 3.05) is 19.0 Å². The first-order chi connectivity index (χ1) is 13.2. The fourth-order valence-corrected chi connectivity index (χ4v) is 2.65. The zero-order valence-electron chi connectivity index (χ0n) is 15.4. The summed E-state index contributed by atoms with van der Waals surface area (Å²) in [7, 11) is 1.62. The average Bonchev–Trinajstić information content (AvgIpc) is 2.72. The zero-order valence-corrected chi connectivity index (χ0v) is 15.4. The molecule has 138 valence electrons. The van der Waals surface area contributed by atoms with Crippen molar-refractivity contribution in [1.29, 1.82) is 0 Å². The highest BCUT2D eigenvalue weighted by Crippen LogP contribution is 2.30. The molecule has 2 aromatic carbocycles. The van der Waals surface area contributed by atoms with E-state index in [0.29, 0.717) is 12.3 Å². The van der Waals surface area contributed by atoms with Crippen LogP contribution in [-0.4, -0.2) is 24.6 Å². The van der Waals surface area contributed by atoms with E-state index in [1.165, 1.54) is 6.08 Å². The third-order valence-electron chi connectivity index (χ3n) is 4.00. The number of nitrogens with one attached hydrogen (secondary N) is 1. The van der Waals surface area contributed by atoms with E-state index in [-0.39, 0.29) is 5.91 Å². The molecule has 27 heavy (non-hydrogen) atoms. The molecule has 5 heteroatoms. The minimum atomic E-state index is -0.210. The van der Waals surface area contributed by atoms with Crippen LogP contribution in [0.15, 0.2) is 60.8 Å². The average molecular weight is 362 g/mol. The molecule has 3 rings (SSSR count). The van der Waals surface area contributed by atoms with Crippen LogP contribution in [0.2, 0.25) is 0 Å². The van der Waals surface area contributed by atoms with Crippen LogP contribution in [-0.2, 0) is 4.79 Å². The predicted octanol–water partition coefficient (Wildman–Crippen LogP) is 4.68. The Hall–Kier alpha value is -3.34. The molecule has 5 nitrogen and oxygen atoms in total. The molecule has 1 heterocycles. The number of anilines is 1. The number of ether oxygens (including phenoxy) is 2. The smallest absolute Gasteiger partial charge is 0.248 e. The Bertz CT molecular complexity index is 949. The summed E-state index contributed by atoms with van der Waals surface area (Å²) in [6.07, 6.45) is 5.90. The van der Waals surface area contributed by atoms with Crippen LogP contribution >= 0.6 is 0 Å². The number of carbonyl (C=O) groups is 1. The third-order valence-corrected chi connectivity index (χ3v) is 4.00. The van der Waals surface area contributed by atoms with Gasteiger partial charge >= 0.3 is 0 Å². The van der Waals surface area contributed by atoms with Crippen LogP contribution in [0.25, 0.3) is 17.0 Å². The summed E-state index contributed by atoms with van der Waals surface area (Å²) in [4.78, 5) is 16.7. The second-order valence-electron chi connectivity index (χ2n) is 5.96.